The topological polar surface area (TPSA) is 25.8 Å². The SMILES string of the molecule is Cc1cc2nc3c(nc2cc1C)CCCCCC3. The molecule has 1 aromatic carbocycles. The van der Waals surface area contributed by atoms with Crippen molar-refractivity contribution in [1.82, 2.24) is 9.97 Å². The molecule has 2 aromatic rings. The Bertz CT molecular complexity index is 535. The van der Waals surface area contributed by atoms with Crippen LogP contribution in [0.4, 0.5) is 0 Å². The lowest BCUT2D eigenvalue weighted by Crippen LogP contribution is -2.06. The molecule has 18 heavy (non-hydrogen) atoms. The predicted octanol–water partition coefficient (Wildman–Crippen LogP) is 3.91. The van der Waals surface area contributed by atoms with Gasteiger partial charge in [-0.25, -0.2) is 9.97 Å². The molecule has 1 heterocycles. The third kappa shape index (κ3) is 2.12. The average Bonchev–Trinajstić information content (AvgIpc) is 2.32. The summed E-state index contributed by atoms with van der Waals surface area (Å²) in [5.74, 6) is 0. The van der Waals surface area contributed by atoms with Gasteiger partial charge in [-0.1, -0.05) is 12.8 Å². The summed E-state index contributed by atoms with van der Waals surface area (Å²) >= 11 is 0. The molecule has 0 radical (unpaired) electrons. The highest BCUT2D eigenvalue weighted by Crippen LogP contribution is 2.22. The van der Waals surface area contributed by atoms with Crippen LogP contribution in [-0.4, -0.2) is 9.97 Å². The summed E-state index contributed by atoms with van der Waals surface area (Å²) in [7, 11) is 0. The normalized spacial score (nSPS) is 16.1. The molecule has 0 aliphatic heterocycles. The summed E-state index contributed by atoms with van der Waals surface area (Å²) in [5, 5.41) is 0. The summed E-state index contributed by atoms with van der Waals surface area (Å²) < 4.78 is 0. The summed E-state index contributed by atoms with van der Waals surface area (Å²) in [6.07, 6.45) is 7.41. The van der Waals surface area contributed by atoms with Crippen molar-refractivity contribution in [2.45, 2.75) is 52.4 Å². The van der Waals surface area contributed by atoms with Crippen LogP contribution >= 0.6 is 0 Å². The Balaban J connectivity index is 2.15. The van der Waals surface area contributed by atoms with Gasteiger partial charge < -0.3 is 0 Å². The number of benzene rings is 1. The number of aromatic nitrogens is 2. The summed E-state index contributed by atoms with van der Waals surface area (Å²) in [4.78, 5) is 9.71. The highest BCUT2D eigenvalue weighted by atomic mass is 14.8. The van der Waals surface area contributed by atoms with Crippen molar-refractivity contribution in [2.24, 2.45) is 0 Å². The molecule has 3 rings (SSSR count). The first-order chi connectivity index (χ1) is 8.74. The standard InChI is InChI=1S/C16H20N2/c1-11-9-15-16(10-12(11)2)18-14-8-6-4-3-5-7-13(14)17-15/h9-10H,3-8H2,1-2H3. The van der Waals surface area contributed by atoms with E-state index in [0.29, 0.717) is 0 Å². The number of hydrogen-bond acceptors (Lipinski definition) is 2. The van der Waals surface area contributed by atoms with Gasteiger partial charge in [0.05, 0.1) is 22.4 Å². The fourth-order valence-corrected chi connectivity index (χ4v) is 2.72. The van der Waals surface area contributed by atoms with E-state index in [-0.39, 0.29) is 0 Å². The summed E-state index contributed by atoms with van der Waals surface area (Å²) in [6.45, 7) is 4.29. The van der Waals surface area contributed by atoms with Crippen LogP contribution < -0.4 is 0 Å². The van der Waals surface area contributed by atoms with Crippen molar-refractivity contribution >= 4 is 11.0 Å². The van der Waals surface area contributed by atoms with Crippen molar-refractivity contribution < 1.29 is 0 Å². The second kappa shape index (κ2) is 4.68. The number of fused-ring (bicyclic) bond motifs is 2. The molecular formula is C16H20N2. The Kier molecular flexibility index (Phi) is 3.02. The van der Waals surface area contributed by atoms with Gasteiger partial charge in [0.15, 0.2) is 0 Å². The molecule has 0 amide bonds. The molecular weight excluding hydrogens is 220 g/mol. The van der Waals surface area contributed by atoms with Crippen molar-refractivity contribution in [1.29, 1.82) is 0 Å². The number of aryl methyl sites for hydroxylation is 4. The molecule has 2 nitrogen and oxygen atoms in total. The quantitative estimate of drug-likeness (QED) is 0.698. The zero-order valence-electron chi connectivity index (χ0n) is 11.3. The van der Waals surface area contributed by atoms with Crippen LogP contribution in [0.3, 0.4) is 0 Å². The van der Waals surface area contributed by atoms with E-state index in [1.54, 1.807) is 0 Å². The molecule has 0 saturated heterocycles. The van der Waals surface area contributed by atoms with E-state index in [0.717, 1.165) is 23.9 Å². The van der Waals surface area contributed by atoms with Gasteiger partial charge in [0.2, 0.25) is 0 Å². The van der Waals surface area contributed by atoms with Gasteiger partial charge in [0.25, 0.3) is 0 Å². The first-order valence-electron chi connectivity index (χ1n) is 7.01. The van der Waals surface area contributed by atoms with E-state index in [1.807, 2.05) is 0 Å². The Hall–Kier alpha value is -1.44. The van der Waals surface area contributed by atoms with E-state index < -0.39 is 0 Å². The Morgan fingerprint density at radius 1 is 0.722 bits per heavy atom. The minimum atomic E-state index is 1.07. The largest absolute Gasteiger partial charge is 0.249 e. The van der Waals surface area contributed by atoms with Crippen LogP contribution in [0.25, 0.3) is 11.0 Å². The lowest BCUT2D eigenvalue weighted by atomic mass is 10.00. The van der Waals surface area contributed by atoms with Crippen LogP contribution in [0.1, 0.15) is 48.2 Å². The van der Waals surface area contributed by atoms with Crippen LogP contribution in [0, 0.1) is 13.8 Å². The first-order valence-corrected chi connectivity index (χ1v) is 7.01. The molecule has 0 spiro atoms. The maximum atomic E-state index is 4.86. The molecule has 1 aromatic heterocycles. The molecule has 0 unspecified atom stereocenters. The Morgan fingerprint density at radius 2 is 1.17 bits per heavy atom. The van der Waals surface area contributed by atoms with Gasteiger partial charge in [-0.05, 0) is 62.8 Å². The van der Waals surface area contributed by atoms with E-state index in [4.69, 9.17) is 9.97 Å². The summed E-state index contributed by atoms with van der Waals surface area (Å²) in [6, 6.07) is 4.35. The van der Waals surface area contributed by atoms with E-state index in [9.17, 15) is 0 Å². The van der Waals surface area contributed by atoms with Gasteiger partial charge in [0.1, 0.15) is 0 Å². The number of rotatable bonds is 0. The van der Waals surface area contributed by atoms with Crippen LogP contribution in [-0.2, 0) is 12.8 Å². The van der Waals surface area contributed by atoms with E-state index in [2.05, 4.69) is 26.0 Å². The minimum Gasteiger partial charge on any atom is -0.249 e. The monoisotopic (exact) mass is 240 g/mol. The summed E-state index contributed by atoms with van der Waals surface area (Å²) in [5.41, 5.74) is 7.23. The number of hydrogen-bond donors (Lipinski definition) is 0. The molecule has 0 bridgehead atoms. The predicted molar refractivity (Wildman–Crippen MR) is 74.9 cm³/mol. The van der Waals surface area contributed by atoms with E-state index >= 15 is 0 Å². The maximum Gasteiger partial charge on any atom is 0.0893 e. The number of nitrogens with zero attached hydrogens (tertiary/aromatic N) is 2. The lowest BCUT2D eigenvalue weighted by molar-refractivity contribution is 0.602. The van der Waals surface area contributed by atoms with Crippen LogP contribution in [0.5, 0.6) is 0 Å². The molecule has 94 valence electrons. The zero-order chi connectivity index (χ0) is 12.5. The third-order valence-corrected chi connectivity index (χ3v) is 4.01. The van der Waals surface area contributed by atoms with Crippen LogP contribution in [0.2, 0.25) is 0 Å². The van der Waals surface area contributed by atoms with Gasteiger partial charge in [-0.3, -0.25) is 0 Å². The first kappa shape index (κ1) is 11.6. The Labute approximate surface area is 108 Å². The molecule has 0 atom stereocenters. The smallest absolute Gasteiger partial charge is 0.0893 e. The van der Waals surface area contributed by atoms with Crippen LogP contribution in [0.15, 0.2) is 12.1 Å². The zero-order valence-corrected chi connectivity index (χ0v) is 11.3. The van der Waals surface area contributed by atoms with E-state index in [1.165, 1.54) is 48.2 Å². The van der Waals surface area contributed by atoms with Crippen molar-refractivity contribution in [3.63, 3.8) is 0 Å². The molecule has 1 aliphatic carbocycles. The third-order valence-electron chi connectivity index (χ3n) is 4.01. The Morgan fingerprint density at radius 3 is 1.61 bits per heavy atom. The van der Waals surface area contributed by atoms with Crippen molar-refractivity contribution in [2.75, 3.05) is 0 Å². The van der Waals surface area contributed by atoms with Gasteiger partial charge in [-0.2, -0.15) is 0 Å². The molecule has 0 saturated carbocycles. The van der Waals surface area contributed by atoms with Gasteiger partial charge in [-0.15, -0.1) is 0 Å². The van der Waals surface area contributed by atoms with Gasteiger partial charge >= 0.3 is 0 Å². The molecule has 0 fully saturated rings. The van der Waals surface area contributed by atoms with Gasteiger partial charge in [0, 0.05) is 0 Å². The maximum absolute atomic E-state index is 4.86. The lowest BCUT2D eigenvalue weighted by Gasteiger charge is -2.13. The second-order valence-corrected chi connectivity index (χ2v) is 5.46. The van der Waals surface area contributed by atoms with Crippen molar-refractivity contribution in [3.05, 3.63) is 34.6 Å². The molecule has 1 aliphatic rings. The molecule has 0 N–H and O–H groups in total. The average molecular weight is 240 g/mol. The fraction of sp³-hybridized carbons (Fsp3) is 0.500. The minimum absolute atomic E-state index is 1.07. The highest BCUT2D eigenvalue weighted by molar-refractivity contribution is 5.76. The second-order valence-electron chi connectivity index (χ2n) is 5.46. The highest BCUT2D eigenvalue weighted by Gasteiger charge is 2.11. The van der Waals surface area contributed by atoms with Crippen molar-refractivity contribution in [3.8, 4) is 0 Å². The molecule has 2 heteroatoms. The fourth-order valence-electron chi connectivity index (χ4n) is 2.72.